The fraction of sp³-hybridized carbons (Fsp3) is 0.429. The lowest BCUT2D eigenvalue weighted by Crippen LogP contribution is -2.36. The largest absolute Gasteiger partial charge is 0.444 e. The van der Waals surface area contributed by atoms with Crippen molar-refractivity contribution in [3.8, 4) is 0 Å². The van der Waals surface area contributed by atoms with Gasteiger partial charge in [0.2, 0.25) is 15.9 Å². The Balaban J connectivity index is 2.80. The Labute approximate surface area is 81.2 Å². The molecular weight excluding hydrogens is 210 g/mol. The predicted molar refractivity (Wildman–Crippen MR) is 46.8 cm³/mol. The van der Waals surface area contributed by atoms with E-state index in [4.69, 9.17) is 0 Å². The summed E-state index contributed by atoms with van der Waals surface area (Å²) in [4.78, 5) is 22.1. The summed E-state index contributed by atoms with van der Waals surface area (Å²) in [5, 5.41) is 0. The van der Waals surface area contributed by atoms with Crippen LogP contribution in [0.3, 0.4) is 0 Å². The molecule has 1 saturated heterocycles. The third-order valence-electron chi connectivity index (χ3n) is 1.57. The molecule has 1 aliphatic rings. The molecule has 0 aromatic rings. The zero-order chi connectivity index (χ0) is 10.8. The number of amides is 2. The second kappa shape index (κ2) is 3.79. The highest BCUT2D eigenvalue weighted by atomic mass is 32.2. The van der Waals surface area contributed by atoms with Gasteiger partial charge < -0.3 is 4.74 Å². The number of sulfonamides is 1. The van der Waals surface area contributed by atoms with Gasteiger partial charge in [-0.05, 0) is 0 Å². The number of hydrogen-bond donors (Lipinski definition) is 0. The first-order valence-electron chi connectivity index (χ1n) is 3.82. The third-order valence-corrected chi connectivity index (χ3v) is 3.20. The van der Waals surface area contributed by atoms with E-state index in [2.05, 4.69) is 11.3 Å². The zero-order valence-corrected chi connectivity index (χ0v) is 8.12. The lowest BCUT2D eigenvalue weighted by Gasteiger charge is -2.11. The van der Waals surface area contributed by atoms with Gasteiger partial charge in [-0.2, -0.15) is 0 Å². The molecule has 0 spiro atoms. The molecular formula is C7H9NO5S. The topological polar surface area (TPSA) is 80.8 Å². The first-order chi connectivity index (χ1) is 6.49. The maximum Gasteiger partial charge on any atom is 0.431 e. The van der Waals surface area contributed by atoms with Gasteiger partial charge in [0.05, 0.1) is 5.75 Å². The van der Waals surface area contributed by atoms with Crippen LogP contribution in [0.15, 0.2) is 12.7 Å². The zero-order valence-electron chi connectivity index (χ0n) is 7.30. The van der Waals surface area contributed by atoms with Gasteiger partial charge in [-0.3, -0.25) is 4.79 Å². The number of ether oxygens (including phenoxy) is 1. The average molecular weight is 219 g/mol. The molecule has 0 aromatic heterocycles. The summed E-state index contributed by atoms with van der Waals surface area (Å²) in [7, 11) is -3.79. The summed E-state index contributed by atoms with van der Waals surface area (Å²) in [5.74, 6) is -1.09. The van der Waals surface area contributed by atoms with Crippen molar-refractivity contribution in [3.05, 3.63) is 12.7 Å². The Morgan fingerprint density at radius 3 is 2.71 bits per heavy atom. The Kier molecular flexibility index (Phi) is 2.90. The molecule has 0 aliphatic carbocycles. The molecule has 1 heterocycles. The molecule has 0 saturated carbocycles. The Bertz CT molecular complexity index is 372. The maximum atomic E-state index is 11.2. The molecule has 0 aromatic carbocycles. The van der Waals surface area contributed by atoms with Gasteiger partial charge in [0.1, 0.15) is 6.61 Å². The van der Waals surface area contributed by atoms with E-state index in [0.29, 0.717) is 0 Å². The molecule has 0 radical (unpaired) electrons. The van der Waals surface area contributed by atoms with E-state index < -0.39 is 22.0 Å². The number of hydrogen-bond acceptors (Lipinski definition) is 5. The third kappa shape index (κ3) is 1.92. The van der Waals surface area contributed by atoms with Crippen LogP contribution in [-0.4, -0.2) is 37.1 Å². The first-order valence-corrected chi connectivity index (χ1v) is 5.43. The molecule has 0 N–H and O–H groups in total. The molecule has 0 atom stereocenters. The number of rotatable bonds is 2. The molecule has 1 rings (SSSR count). The Morgan fingerprint density at radius 1 is 1.64 bits per heavy atom. The SMILES string of the molecule is C=CCOC(=O)N1C(=O)CCS1(=O)=O. The summed E-state index contributed by atoms with van der Waals surface area (Å²) in [6, 6.07) is 0. The molecule has 1 fully saturated rings. The monoisotopic (exact) mass is 219 g/mol. The average Bonchev–Trinajstić information content (AvgIpc) is 2.37. The highest BCUT2D eigenvalue weighted by Gasteiger charge is 2.41. The van der Waals surface area contributed by atoms with Crippen LogP contribution in [0.4, 0.5) is 4.79 Å². The van der Waals surface area contributed by atoms with Crippen molar-refractivity contribution in [2.75, 3.05) is 12.4 Å². The number of carbonyl (C=O) groups excluding carboxylic acids is 2. The second-order valence-corrected chi connectivity index (χ2v) is 4.53. The minimum Gasteiger partial charge on any atom is -0.444 e. The van der Waals surface area contributed by atoms with E-state index >= 15 is 0 Å². The predicted octanol–water partition coefficient (Wildman–Crippen LogP) is -0.129. The van der Waals surface area contributed by atoms with Crippen LogP contribution in [0.1, 0.15) is 6.42 Å². The maximum absolute atomic E-state index is 11.2. The van der Waals surface area contributed by atoms with Gasteiger partial charge in [-0.15, -0.1) is 4.31 Å². The summed E-state index contributed by atoms with van der Waals surface area (Å²) in [6.07, 6.45) is -0.0521. The number of imide groups is 1. The fourth-order valence-corrected chi connectivity index (χ4v) is 2.26. The van der Waals surface area contributed by atoms with Crippen LogP contribution >= 0.6 is 0 Å². The van der Waals surface area contributed by atoms with Gasteiger partial charge in [-0.1, -0.05) is 12.7 Å². The van der Waals surface area contributed by atoms with Crippen LogP contribution in [-0.2, 0) is 19.6 Å². The molecule has 0 bridgehead atoms. The van der Waals surface area contributed by atoms with Crippen LogP contribution in [0, 0.1) is 0 Å². The fourth-order valence-electron chi connectivity index (χ4n) is 0.968. The summed E-state index contributed by atoms with van der Waals surface area (Å²) in [6.45, 7) is 3.16. The molecule has 6 nitrogen and oxygen atoms in total. The van der Waals surface area contributed by atoms with Crippen LogP contribution < -0.4 is 0 Å². The van der Waals surface area contributed by atoms with Gasteiger partial charge in [0.15, 0.2) is 0 Å². The van der Waals surface area contributed by atoms with Crippen molar-refractivity contribution < 1.29 is 22.7 Å². The van der Waals surface area contributed by atoms with E-state index in [0.717, 1.165) is 0 Å². The van der Waals surface area contributed by atoms with Gasteiger partial charge in [0, 0.05) is 6.42 Å². The van der Waals surface area contributed by atoms with Crippen LogP contribution in [0.5, 0.6) is 0 Å². The Morgan fingerprint density at radius 2 is 2.29 bits per heavy atom. The quantitative estimate of drug-likeness (QED) is 0.604. The minimum atomic E-state index is -3.79. The lowest BCUT2D eigenvalue weighted by atomic mass is 10.5. The second-order valence-electron chi connectivity index (χ2n) is 2.59. The van der Waals surface area contributed by atoms with E-state index in [1.165, 1.54) is 6.08 Å². The molecule has 7 heteroatoms. The van der Waals surface area contributed by atoms with Crippen molar-refractivity contribution in [1.82, 2.24) is 4.31 Å². The molecule has 2 amide bonds. The lowest BCUT2D eigenvalue weighted by molar-refractivity contribution is -0.123. The number of nitrogens with zero attached hydrogens (tertiary/aromatic N) is 1. The molecule has 78 valence electrons. The van der Waals surface area contributed by atoms with Gasteiger partial charge >= 0.3 is 6.09 Å². The van der Waals surface area contributed by atoms with Crippen LogP contribution in [0.2, 0.25) is 0 Å². The minimum absolute atomic E-state index is 0.127. The van der Waals surface area contributed by atoms with Crippen LogP contribution in [0.25, 0.3) is 0 Å². The summed E-state index contributed by atoms with van der Waals surface area (Å²) < 4.78 is 26.9. The van der Waals surface area contributed by atoms with Gasteiger partial charge in [-0.25, -0.2) is 13.2 Å². The molecule has 1 aliphatic heterocycles. The van der Waals surface area contributed by atoms with E-state index in [1.54, 1.807) is 0 Å². The first kappa shape index (κ1) is 10.7. The normalized spacial score (nSPS) is 19.4. The standard InChI is InChI=1S/C7H9NO5S/c1-2-4-13-7(10)8-6(9)3-5-14(8,11)12/h2H,1,3-5H2. The summed E-state index contributed by atoms with van der Waals surface area (Å²) in [5.41, 5.74) is 0. The van der Waals surface area contributed by atoms with Crippen molar-refractivity contribution in [3.63, 3.8) is 0 Å². The summed E-state index contributed by atoms with van der Waals surface area (Å²) >= 11 is 0. The number of carbonyl (C=O) groups is 2. The smallest absolute Gasteiger partial charge is 0.431 e. The van der Waals surface area contributed by atoms with Crippen molar-refractivity contribution >= 4 is 22.0 Å². The highest BCUT2D eigenvalue weighted by molar-refractivity contribution is 7.90. The molecule has 14 heavy (non-hydrogen) atoms. The molecule has 0 unspecified atom stereocenters. The van der Waals surface area contributed by atoms with E-state index in [1.807, 2.05) is 0 Å². The van der Waals surface area contributed by atoms with E-state index in [9.17, 15) is 18.0 Å². The van der Waals surface area contributed by atoms with Crippen molar-refractivity contribution in [2.45, 2.75) is 6.42 Å². The van der Waals surface area contributed by atoms with E-state index in [-0.39, 0.29) is 23.1 Å². The highest BCUT2D eigenvalue weighted by Crippen LogP contribution is 2.16. The Hall–Kier alpha value is -1.37. The van der Waals surface area contributed by atoms with Gasteiger partial charge in [0.25, 0.3) is 0 Å². The van der Waals surface area contributed by atoms with Crippen molar-refractivity contribution in [2.24, 2.45) is 0 Å². The van der Waals surface area contributed by atoms with Crippen molar-refractivity contribution in [1.29, 1.82) is 0 Å².